The largest absolute Gasteiger partial charge is 0.363 e. The number of nitrogens with one attached hydrogen (secondary N) is 2. The normalized spacial score (nSPS) is 26.6. The van der Waals surface area contributed by atoms with Crippen LogP contribution in [-0.4, -0.2) is 61.9 Å². The van der Waals surface area contributed by atoms with Gasteiger partial charge in [0.25, 0.3) is 0 Å². The van der Waals surface area contributed by atoms with Crippen molar-refractivity contribution in [2.45, 2.75) is 13.0 Å². The lowest BCUT2D eigenvalue weighted by molar-refractivity contribution is -0.140. The van der Waals surface area contributed by atoms with Gasteiger partial charge in [0.1, 0.15) is 5.82 Å². The standard InChI is InChI=1S/C21H28N6O2.HI/c1-22-21(24-12-15-5-4-6-16(25-15)26(2)3)23-9-10-27-19(28)17-13-7-8-14(11-13)18(17)20(27)29;/h4-8,13-14,17-18H,9-12H2,1-3H3,(H2,22,23,24);1H. The molecule has 2 aliphatic carbocycles. The number of rotatable bonds is 6. The van der Waals surface area contributed by atoms with Crippen LogP contribution < -0.4 is 15.5 Å². The van der Waals surface area contributed by atoms with Crippen LogP contribution in [0.2, 0.25) is 0 Å². The molecule has 1 aromatic rings. The molecule has 2 amide bonds. The molecule has 4 unspecified atom stereocenters. The van der Waals surface area contributed by atoms with Gasteiger partial charge < -0.3 is 15.5 Å². The molecule has 1 aliphatic heterocycles. The number of carbonyl (C=O) groups excluding carboxylic acids is 2. The monoisotopic (exact) mass is 524 g/mol. The quantitative estimate of drug-likeness (QED) is 0.192. The van der Waals surface area contributed by atoms with Crippen LogP contribution in [0.5, 0.6) is 0 Å². The zero-order chi connectivity index (χ0) is 20.5. The summed E-state index contributed by atoms with van der Waals surface area (Å²) in [6.07, 6.45) is 5.19. The summed E-state index contributed by atoms with van der Waals surface area (Å²) in [5, 5.41) is 6.41. The molecule has 2 fully saturated rings. The van der Waals surface area contributed by atoms with E-state index in [0.717, 1.165) is 17.9 Å². The fourth-order valence-corrected chi connectivity index (χ4v) is 4.68. The third-order valence-corrected chi connectivity index (χ3v) is 6.10. The number of fused-ring (bicyclic) bond motifs is 5. The second kappa shape index (κ2) is 9.32. The smallest absolute Gasteiger partial charge is 0.233 e. The molecule has 0 aromatic carbocycles. The number of halogens is 1. The Kier molecular flexibility index (Phi) is 6.99. The summed E-state index contributed by atoms with van der Waals surface area (Å²) < 4.78 is 0. The molecule has 30 heavy (non-hydrogen) atoms. The van der Waals surface area contributed by atoms with Crippen LogP contribution in [0.3, 0.4) is 0 Å². The number of imide groups is 1. The molecule has 0 radical (unpaired) electrons. The lowest BCUT2D eigenvalue weighted by Gasteiger charge is -2.19. The van der Waals surface area contributed by atoms with Gasteiger partial charge in [-0.1, -0.05) is 18.2 Å². The van der Waals surface area contributed by atoms with Gasteiger partial charge in [-0.3, -0.25) is 19.5 Å². The van der Waals surface area contributed by atoms with Crippen molar-refractivity contribution in [1.82, 2.24) is 20.5 Å². The van der Waals surface area contributed by atoms with Gasteiger partial charge in [0, 0.05) is 34.2 Å². The van der Waals surface area contributed by atoms with Gasteiger partial charge >= 0.3 is 0 Å². The number of carbonyl (C=O) groups is 2. The highest BCUT2D eigenvalue weighted by Gasteiger charge is 2.58. The first-order chi connectivity index (χ1) is 14.0. The summed E-state index contributed by atoms with van der Waals surface area (Å²) in [5.41, 5.74) is 0.903. The Morgan fingerprint density at radius 1 is 1.17 bits per heavy atom. The maximum Gasteiger partial charge on any atom is 0.233 e. The van der Waals surface area contributed by atoms with E-state index in [4.69, 9.17) is 0 Å². The summed E-state index contributed by atoms with van der Waals surface area (Å²) in [6.45, 7) is 1.35. The number of hydrogen-bond donors (Lipinski definition) is 2. The van der Waals surface area contributed by atoms with Gasteiger partial charge in [-0.2, -0.15) is 0 Å². The highest BCUT2D eigenvalue weighted by atomic mass is 127. The molecule has 2 bridgehead atoms. The van der Waals surface area contributed by atoms with Crippen molar-refractivity contribution in [2.75, 3.05) is 39.1 Å². The molecule has 4 atom stereocenters. The van der Waals surface area contributed by atoms with Crippen LogP contribution in [-0.2, 0) is 16.1 Å². The highest BCUT2D eigenvalue weighted by molar-refractivity contribution is 14.0. The molecule has 1 saturated heterocycles. The summed E-state index contributed by atoms with van der Waals surface area (Å²) in [5.74, 6) is 1.72. The van der Waals surface area contributed by atoms with E-state index in [1.54, 1.807) is 7.05 Å². The highest BCUT2D eigenvalue weighted by Crippen LogP contribution is 2.52. The van der Waals surface area contributed by atoms with Crippen LogP contribution in [0, 0.1) is 23.7 Å². The van der Waals surface area contributed by atoms with E-state index in [9.17, 15) is 9.59 Å². The van der Waals surface area contributed by atoms with Gasteiger partial charge in [-0.15, -0.1) is 24.0 Å². The number of pyridine rings is 1. The third-order valence-electron chi connectivity index (χ3n) is 6.10. The van der Waals surface area contributed by atoms with Crippen LogP contribution >= 0.6 is 24.0 Å². The fourth-order valence-electron chi connectivity index (χ4n) is 4.68. The van der Waals surface area contributed by atoms with Crippen molar-refractivity contribution in [3.63, 3.8) is 0 Å². The van der Waals surface area contributed by atoms with E-state index < -0.39 is 0 Å². The van der Waals surface area contributed by atoms with Crippen molar-refractivity contribution in [3.05, 3.63) is 36.0 Å². The number of aliphatic imine (C=N–C) groups is 1. The van der Waals surface area contributed by atoms with Crippen LogP contribution in [0.1, 0.15) is 12.1 Å². The van der Waals surface area contributed by atoms with Crippen LogP contribution in [0.25, 0.3) is 0 Å². The summed E-state index contributed by atoms with van der Waals surface area (Å²) in [6, 6.07) is 5.88. The average Bonchev–Trinajstić information content (AvgIpc) is 3.40. The second-order valence-corrected chi connectivity index (χ2v) is 8.06. The second-order valence-electron chi connectivity index (χ2n) is 8.06. The lowest BCUT2D eigenvalue weighted by atomic mass is 9.85. The Bertz CT molecular complexity index is 841. The third kappa shape index (κ3) is 4.17. The maximum atomic E-state index is 12.7. The first-order valence-corrected chi connectivity index (χ1v) is 10.1. The molecular weight excluding hydrogens is 495 g/mol. The van der Waals surface area contributed by atoms with E-state index in [0.29, 0.717) is 25.6 Å². The topological polar surface area (TPSA) is 89.9 Å². The Labute approximate surface area is 194 Å². The molecular formula is C21H29IN6O2. The predicted molar refractivity (Wildman–Crippen MR) is 127 cm³/mol. The van der Waals surface area contributed by atoms with Crippen molar-refractivity contribution >= 4 is 47.6 Å². The van der Waals surface area contributed by atoms with E-state index >= 15 is 0 Å². The molecule has 1 saturated carbocycles. The van der Waals surface area contributed by atoms with E-state index in [1.165, 1.54) is 4.90 Å². The Morgan fingerprint density at radius 2 is 1.83 bits per heavy atom. The first-order valence-electron chi connectivity index (χ1n) is 10.1. The van der Waals surface area contributed by atoms with Gasteiger partial charge in [-0.25, -0.2) is 4.98 Å². The number of likely N-dealkylation sites (tertiary alicyclic amines) is 1. The maximum absolute atomic E-state index is 12.7. The predicted octanol–water partition coefficient (Wildman–Crippen LogP) is 1.24. The molecule has 2 heterocycles. The summed E-state index contributed by atoms with van der Waals surface area (Å²) in [4.78, 5) is 37.6. The van der Waals surface area contributed by atoms with Gasteiger partial charge in [0.15, 0.2) is 5.96 Å². The number of anilines is 1. The number of aromatic nitrogens is 1. The van der Waals surface area contributed by atoms with Crippen molar-refractivity contribution < 1.29 is 9.59 Å². The first kappa shape index (κ1) is 22.5. The lowest BCUT2D eigenvalue weighted by Crippen LogP contribution is -2.43. The van der Waals surface area contributed by atoms with E-state index in [-0.39, 0.29) is 59.5 Å². The molecule has 1 aromatic heterocycles. The minimum absolute atomic E-state index is 0. The molecule has 3 aliphatic rings. The molecule has 2 N–H and O–H groups in total. The van der Waals surface area contributed by atoms with Gasteiger partial charge in [0.05, 0.1) is 24.1 Å². The molecule has 9 heteroatoms. The Hall–Kier alpha value is -2.17. The molecule has 0 spiro atoms. The van der Waals surface area contributed by atoms with E-state index in [2.05, 4.69) is 32.8 Å². The Balaban J connectivity index is 0.00000256. The fraction of sp³-hybridized carbons (Fsp3) is 0.524. The number of amides is 2. The number of guanidine groups is 1. The Morgan fingerprint density at radius 3 is 2.43 bits per heavy atom. The summed E-state index contributed by atoms with van der Waals surface area (Å²) in [7, 11) is 5.60. The number of allylic oxidation sites excluding steroid dienone is 2. The number of hydrogen-bond acceptors (Lipinski definition) is 5. The van der Waals surface area contributed by atoms with Gasteiger partial charge in [0.2, 0.25) is 11.8 Å². The minimum Gasteiger partial charge on any atom is -0.363 e. The van der Waals surface area contributed by atoms with Crippen molar-refractivity contribution in [1.29, 1.82) is 0 Å². The van der Waals surface area contributed by atoms with E-state index in [1.807, 2.05) is 37.2 Å². The minimum atomic E-state index is -0.134. The molecule has 4 rings (SSSR count). The number of nitrogens with zero attached hydrogens (tertiary/aromatic N) is 4. The van der Waals surface area contributed by atoms with Crippen LogP contribution in [0.15, 0.2) is 35.3 Å². The summed E-state index contributed by atoms with van der Waals surface area (Å²) >= 11 is 0. The van der Waals surface area contributed by atoms with Crippen molar-refractivity contribution in [2.24, 2.45) is 28.7 Å². The zero-order valence-electron chi connectivity index (χ0n) is 17.5. The zero-order valence-corrected chi connectivity index (χ0v) is 19.9. The molecule has 162 valence electrons. The van der Waals surface area contributed by atoms with Crippen LogP contribution in [0.4, 0.5) is 5.82 Å². The van der Waals surface area contributed by atoms with Crippen molar-refractivity contribution in [3.8, 4) is 0 Å². The van der Waals surface area contributed by atoms with Gasteiger partial charge in [-0.05, 0) is 30.4 Å². The average molecular weight is 524 g/mol. The SMILES string of the molecule is CN=C(NCCN1C(=O)C2C3C=CC(C3)C2C1=O)NCc1cccc(N(C)C)n1.I. The molecule has 8 nitrogen and oxygen atoms in total.